The smallest absolute Gasteiger partial charge is 0.357 e. The molecular weight excluding hydrogens is 449 g/mol. The summed E-state index contributed by atoms with van der Waals surface area (Å²) in [5, 5.41) is 12.0. The Labute approximate surface area is 194 Å². The number of carbonyl (C=O) groups is 2. The van der Waals surface area contributed by atoms with E-state index in [2.05, 4.69) is 15.3 Å². The highest BCUT2D eigenvalue weighted by molar-refractivity contribution is 6.04. The van der Waals surface area contributed by atoms with Gasteiger partial charge in [-0.15, -0.1) is 0 Å². The van der Waals surface area contributed by atoms with E-state index in [0.29, 0.717) is 37.6 Å². The molecule has 2 N–H and O–H groups in total. The third kappa shape index (κ3) is 4.21. The van der Waals surface area contributed by atoms with E-state index in [1.165, 1.54) is 11.1 Å². The van der Waals surface area contributed by atoms with Gasteiger partial charge in [-0.1, -0.05) is 0 Å². The van der Waals surface area contributed by atoms with Crippen molar-refractivity contribution in [3.8, 4) is 5.75 Å². The molecule has 0 spiro atoms. The number of ether oxygens (including phenoxy) is 3. The predicted octanol–water partition coefficient (Wildman–Crippen LogP) is 2.48. The van der Waals surface area contributed by atoms with Crippen molar-refractivity contribution < 1.29 is 33.3 Å². The highest BCUT2D eigenvalue weighted by atomic mass is 19.1. The lowest BCUT2D eigenvalue weighted by Gasteiger charge is -2.35. The number of urea groups is 1. The number of hydrogen-bond acceptors (Lipinski definition) is 8. The second kappa shape index (κ2) is 8.37. The minimum atomic E-state index is -1.50. The molecule has 2 saturated heterocycles. The van der Waals surface area contributed by atoms with Gasteiger partial charge in [0.15, 0.2) is 23.1 Å². The number of aromatic nitrogens is 2. The quantitative estimate of drug-likeness (QED) is 0.673. The van der Waals surface area contributed by atoms with Crippen molar-refractivity contribution in [2.24, 2.45) is 0 Å². The van der Waals surface area contributed by atoms with Crippen molar-refractivity contribution in [3.63, 3.8) is 0 Å². The maximum absolute atomic E-state index is 14.3. The van der Waals surface area contributed by atoms with E-state index in [1.54, 1.807) is 12.1 Å². The topological polar surface area (TPSA) is 126 Å². The number of fused-ring (bicyclic) bond motifs is 4. The van der Waals surface area contributed by atoms with E-state index >= 15 is 0 Å². The first-order chi connectivity index (χ1) is 16.2. The van der Waals surface area contributed by atoms with Crippen LogP contribution in [0.1, 0.15) is 30.8 Å². The summed E-state index contributed by atoms with van der Waals surface area (Å²) in [6.07, 6.45) is 1.93. The molecule has 2 aromatic heterocycles. The first-order valence-corrected chi connectivity index (χ1v) is 10.9. The van der Waals surface area contributed by atoms with Gasteiger partial charge in [0.05, 0.1) is 18.3 Å². The zero-order valence-corrected chi connectivity index (χ0v) is 18.7. The van der Waals surface area contributed by atoms with E-state index in [9.17, 15) is 19.1 Å². The Hall–Kier alpha value is -3.51. The molecule has 0 aromatic carbocycles. The molecule has 3 aliphatic rings. The molecule has 5 heterocycles. The predicted molar refractivity (Wildman–Crippen MR) is 118 cm³/mol. The number of carboxylic acid groups (broad SMARTS) is 1. The van der Waals surface area contributed by atoms with Gasteiger partial charge in [-0.05, 0) is 26.3 Å². The summed E-state index contributed by atoms with van der Waals surface area (Å²) in [5.41, 5.74) is -0.341. The van der Waals surface area contributed by atoms with Crippen molar-refractivity contribution in [2.45, 2.75) is 38.2 Å². The van der Waals surface area contributed by atoms with Crippen LogP contribution >= 0.6 is 0 Å². The number of amides is 2. The maximum atomic E-state index is 14.3. The molecule has 3 aliphatic heterocycles. The third-order valence-corrected chi connectivity index (χ3v) is 5.92. The Kier molecular flexibility index (Phi) is 5.48. The molecule has 2 unspecified atom stereocenters. The number of pyridine rings is 2. The SMILES string of the molecule is CC1(C)OCC(COc2ccnc(NC(=O)N3c4nc(C(=O)O)c(F)cc4N4CCC3C4)c2)O1. The Morgan fingerprint density at radius 1 is 1.38 bits per heavy atom. The number of carboxylic acids is 1. The van der Waals surface area contributed by atoms with E-state index in [1.807, 2.05) is 18.7 Å². The number of nitrogens with one attached hydrogen (secondary N) is 1. The Balaban J connectivity index is 1.33. The lowest BCUT2D eigenvalue weighted by atomic mass is 10.1. The fourth-order valence-electron chi connectivity index (χ4n) is 4.41. The minimum absolute atomic E-state index is 0.110. The molecule has 2 amide bonds. The van der Waals surface area contributed by atoms with Gasteiger partial charge < -0.3 is 24.2 Å². The maximum Gasteiger partial charge on any atom is 0.357 e. The summed E-state index contributed by atoms with van der Waals surface area (Å²) in [7, 11) is 0. The number of hydrogen-bond donors (Lipinski definition) is 2. The van der Waals surface area contributed by atoms with Crippen LogP contribution in [-0.4, -0.2) is 71.3 Å². The average Bonchev–Trinajstić information content (AvgIpc) is 3.36. The fourth-order valence-corrected chi connectivity index (χ4v) is 4.41. The van der Waals surface area contributed by atoms with Crippen LogP contribution in [0.25, 0.3) is 0 Å². The molecule has 2 bridgehead atoms. The number of carbonyl (C=O) groups excluding carboxylic acids is 1. The van der Waals surface area contributed by atoms with Gasteiger partial charge in [0.25, 0.3) is 0 Å². The van der Waals surface area contributed by atoms with Crippen LogP contribution in [0.2, 0.25) is 0 Å². The van der Waals surface area contributed by atoms with E-state index in [0.717, 1.165) is 6.07 Å². The molecule has 11 nitrogen and oxygen atoms in total. The monoisotopic (exact) mass is 473 g/mol. The van der Waals surface area contributed by atoms with Crippen LogP contribution in [-0.2, 0) is 9.47 Å². The molecule has 180 valence electrons. The van der Waals surface area contributed by atoms with E-state index < -0.39 is 29.3 Å². The average molecular weight is 473 g/mol. The van der Waals surface area contributed by atoms with Crippen LogP contribution in [0.4, 0.5) is 26.5 Å². The van der Waals surface area contributed by atoms with Gasteiger partial charge in [0, 0.05) is 31.4 Å². The van der Waals surface area contributed by atoms with Crippen molar-refractivity contribution in [1.29, 1.82) is 0 Å². The van der Waals surface area contributed by atoms with Crippen LogP contribution in [0, 0.1) is 5.82 Å². The molecule has 12 heteroatoms. The molecule has 2 atom stereocenters. The number of halogens is 1. The van der Waals surface area contributed by atoms with Crippen LogP contribution in [0.5, 0.6) is 5.75 Å². The Morgan fingerprint density at radius 3 is 2.94 bits per heavy atom. The highest BCUT2D eigenvalue weighted by Gasteiger charge is 2.41. The molecule has 5 rings (SSSR count). The highest BCUT2D eigenvalue weighted by Crippen LogP contribution is 2.40. The molecule has 0 aliphatic carbocycles. The summed E-state index contributed by atoms with van der Waals surface area (Å²) in [6, 6.07) is 3.59. The van der Waals surface area contributed by atoms with Crippen molar-refractivity contribution in [1.82, 2.24) is 9.97 Å². The molecule has 2 fully saturated rings. The van der Waals surface area contributed by atoms with Gasteiger partial charge in [0.2, 0.25) is 0 Å². The lowest BCUT2D eigenvalue weighted by Crippen LogP contribution is -2.48. The van der Waals surface area contributed by atoms with Gasteiger partial charge in [-0.2, -0.15) is 0 Å². The summed E-state index contributed by atoms with van der Waals surface area (Å²) < 4.78 is 31.3. The van der Waals surface area contributed by atoms with Crippen molar-refractivity contribution in [3.05, 3.63) is 35.9 Å². The second-order valence-corrected chi connectivity index (χ2v) is 8.79. The summed E-state index contributed by atoms with van der Waals surface area (Å²) in [6.45, 7) is 5.47. The van der Waals surface area contributed by atoms with E-state index in [-0.39, 0.29) is 30.4 Å². The lowest BCUT2D eigenvalue weighted by molar-refractivity contribution is -0.141. The summed E-state index contributed by atoms with van der Waals surface area (Å²) in [4.78, 5) is 36.1. The first-order valence-electron chi connectivity index (χ1n) is 10.9. The van der Waals surface area contributed by atoms with Gasteiger partial charge in [0.1, 0.15) is 24.3 Å². The second-order valence-electron chi connectivity index (χ2n) is 8.79. The molecule has 34 heavy (non-hydrogen) atoms. The summed E-state index contributed by atoms with van der Waals surface area (Å²) >= 11 is 0. The van der Waals surface area contributed by atoms with Gasteiger partial charge >= 0.3 is 12.0 Å². The van der Waals surface area contributed by atoms with Crippen molar-refractivity contribution in [2.75, 3.05) is 41.4 Å². The molecule has 0 radical (unpaired) electrons. The zero-order chi connectivity index (χ0) is 24.0. The normalized spacial score (nSPS) is 22.4. The Bertz CT molecular complexity index is 1140. The standard InChI is InChI=1S/C22H24FN5O6/c1-22(2)33-11-14(34-22)10-32-13-3-5-24-17(7-13)25-21(31)28-12-4-6-27(9-12)16-8-15(23)18(20(29)30)26-19(16)28/h3,5,7-8,12,14H,4,6,9-11H2,1-2H3,(H,29,30)(H,24,25,31). The largest absolute Gasteiger partial charge is 0.491 e. The van der Waals surface area contributed by atoms with Crippen LogP contribution < -0.4 is 19.9 Å². The van der Waals surface area contributed by atoms with E-state index in [4.69, 9.17) is 14.2 Å². The zero-order valence-electron chi connectivity index (χ0n) is 18.7. The van der Waals surface area contributed by atoms with Gasteiger partial charge in [-0.3, -0.25) is 10.2 Å². The summed E-state index contributed by atoms with van der Waals surface area (Å²) in [5.74, 6) is -2.25. The number of nitrogens with zero attached hydrogens (tertiary/aromatic N) is 4. The minimum Gasteiger partial charge on any atom is -0.491 e. The molecule has 2 aromatic rings. The van der Waals surface area contributed by atoms with Crippen LogP contribution in [0.3, 0.4) is 0 Å². The first kappa shape index (κ1) is 22.3. The number of anilines is 3. The Morgan fingerprint density at radius 2 is 2.21 bits per heavy atom. The van der Waals surface area contributed by atoms with Crippen LogP contribution in [0.15, 0.2) is 24.4 Å². The fraction of sp³-hybridized carbons (Fsp3) is 0.455. The van der Waals surface area contributed by atoms with Crippen molar-refractivity contribution >= 4 is 29.3 Å². The molecule has 0 saturated carbocycles. The van der Waals surface area contributed by atoms with Gasteiger partial charge in [-0.25, -0.2) is 23.9 Å². The third-order valence-electron chi connectivity index (χ3n) is 5.92. The number of rotatable bonds is 5. The number of aromatic carboxylic acids is 1. The molecular formula is C22H24FN5O6.